The molecule has 0 amide bonds. The third kappa shape index (κ3) is 28.0. The van der Waals surface area contributed by atoms with E-state index in [2.05, 4.69) is 49.5 Å². The number of para-hydroxylation sites is 1. The van der Waals surface area contributed by atoms with Gasteiger partial charge in [0.2, 0.25) is 0 Å². The molecule has 20 atom stereocenters. The van der Waals surface area contributed by atoms with Crippen molar-refractivity contribution < 1.29 is 178 Å². The number of rotatable bonds is 27. The fourth-order valence-electron chi connectivity index (χ4n) is 9.22. The van der Waals surface area contributed by atoms with Crippen LogP contribution in [0.2, 0.25) is 0 Å². The maximum Gasteiger partial charge on any atom is 1.00 e. The largest absolute Gasteiger partial charge is 1.00 e. The Morgan fingerprint density at radius 1 is 0.494 bits per heavy atom. The predicted molar refractivity (Wildman–Crippen MR) is 297 cm³/mol. The minimum absolute atomic E-state index is 0. The number of hydrogen-bond donors (Lipinski definition) is 12. The van der Waals surface area contributed by atoms with Crippen molar-refractivity contribution in [3.8, 4) is 0 Å². The third-order valence-corrected chi connectivity index (χ3v) is 15.5. The van der Waals surface area contributed by atoms with Gasteiger partial charge in [0.05, 0.1) is 67.3 Å². The molecule has 5 heterocycles. The van der Waals surface area contributed by atoms with E-state index in [-0.39, 0.29) is 82.0 Å². The molecule has 1 aromatic carbocycles. The number of likely N-dealkylation sites (N-methyl/N-ethyl adjacent to an activating group) is 1. The molecule has 87 heavy (non-hydrogen) atoms. The van der Waals surface area contributed by atoms with Gasteiger partial charge in [-0.2, -0.15) is 0 Å². The second kappa shape index (κ2) is 43.5. The molecule has 0 spiro atoms. The van der Waals surface area contributed by atoms with E-state index in [4.69, 9.17) is 76.5 Å². The van der Waals surface area contributed by atoms with Crippen LogP contribution in [-0.4, -0.2) is 333 Å². The average molecular weight is 1320 g/mol. The Morgan fingerprint density at radius 2 is 0.816 bits per heavy atom. The predicted octanol–water partition coefficient (Wildman–Crippen LogP) is -9.09. The van der Waals surface area contributed by atoms with Crippen LogP contribution in [0.4, 0.5) is 0 Å². The summed E-state index contributed by atoms with van der Waals surface area (Å²) in [4.78, 5) is 4.80. The molecular weight excluding hydrogens is 1220 g/mol. The SMILES string of the molecule is COC1OC(CO)C(OC)C(O)C1O.COC1OC(CO)C(OC)C(O)C1O.COC1OC(COCCCCS(=O)(=O)[O-])C(OC)C(O)C1O.COC1OC(COCCCCS(=O)(=O)[O-])C(OC)C(O)C1O.C[NH+](C)CCc1c[nH]c2ccccc12.[Na+]. The Hall–Kier alpha value is -1.42. The van der Waals surface area contributed by atoms with Crippen molar-refractivity contribution in [3.05, 3.63) is 36.0 Å². The van der Waals surface area contributed by atoms with E-state index < -0.39 is 155 Å². The third-order valence-electron chi connectivity index (χ3n) is 13.9. The van der Waals surface area contributed by atoms with E-state index in [0.29, 0.717) is 12.8 Å². The monoisotopic (exact) mass is 1310 g/mol. The summed E-state index contributed by atoms with van der Waals surface area (Å²) in [6.45, 7) is 1.20. The molecule has 4 saturated heterocycles. The summed E-state index contributed by atoms with van der Waals surface area (Å²) in [5, 5.41) is 96.9. The average Bonchev–Trinajstić information content (AvgIpc) is 2.55. The van der Waals surface area contributed by atoms with Crippen LogP contribution < -0.4 is 34.5 Å². The molecule has 6 rings (SSSR count). The Kier molecular flexibility index (Phi) is 41.8. The second-order valence-electron chi connectivity index (χ2n) is 20.4. The molecule has 4 fully saturated rings. The van der Waals surface area contributed by atoms with Crippen molar-refractivity contribution >= 4 is 31.1 Å². The van der Waals surface area contributed by atoms with Crippen molar-refractivity contribution in [2.75, 3.05) is 129 Å². The normalized spacial score (nSPS) is 32.7. The fraction of sp³-hybridized carbons (Fsp3) is 0.846. The first-order chi connectivity index (χ1) is 40.7. The number of fused-ring (bicyclic) bond motifs is 1. The summed E-state index contributed by atoms with van der Waals surface area (Å²) in [6.07, 6.45) is -14.5. The molecule has 2 aromatic rings. The van der Waals surface area contributed by atoms with Gasteiger partial charge >= 0.3 is 29.6 Å². The first-order valence-electron chi connectivity index (χ1n) is 27.5. The van der Waals surface area contributed by atoms with Gasteiger partial charge in [-0.1, -0.05) is 18.2 Å². The van der Waals surface area contributed by atoms with E-state index in [1.54, 1.807) is 0 Å². The van der Waals surface area contributed by atoms with Crippen molar-refractivity contribution in [2.24, 2.45) is 0 Å². The molecule has 0 bridgehead atoms. The van der Waals surface area contributed by atoms with Crippen LogP contribution in [0.1, 0.15) is 31.2 Å². The summed E-state index contributed by atoms with van der Waals surface area (Å²) in [6, 6.07) is 8.48. The number of aliphatic hydroxyl groups excluding tert-OH is 10. The minimum Gasteiger partial charge on any atom is -0.748 e. The van der Waals surface area contributed by atoms with Gasteiger partial charge in [0.1, 0.15) is 97.7 Å². The van der Waals surface area contributed by atoms with Crippen LogP contribution in [-0.2, 0) is 93.0 Å². The quantitative estimate of drug-likeness (QED) is 0.0224. The summed E-state index contributed by atoms with van der Waals surface area (Å²) in [5.41, 5.74) is 2.68. The molecule has 0 aliphatic carbocycles. The molecule has 0 saturated carbocycles. The van der Waals surface area contributed by atoms with E-state index in [1.807, 2.05) is 0 Å². The molecule has 506 valence electrons. The maximum atomic E-state index is 10.4. The molecule has 35 heteroatoms. The van der Waals surface area contributed by atoms with Crippen LogP contribution in [0.5, 0.6) is 0 Å². The molecule has 4 aliphatic rings. The number of ether oxygens (including phenoxy) is 14. The summed E-state index contributed by atoms with van der Waals surface area (Å²) < 4.78 is 134. The Labute approximate surface area is 530 Å². The smallest absolute Gasteiger partial charge is 0.748 e. The number of hydrogen-bond acceptors (Lipinski definition) is 30. The van der Waals surface area contributed by atoms with E-state index in [9.17, 15) is 66.8 Å². The van der Waals surface area contributed by atoms with Gasteiger partial charge in [-0.3, -0.25) is 0 Å². The molecule has 20 unspecified atom stereocenters. The van der Waals surface area contributed by atoms with Gasteiger partial charge in [0, 0.05) is 105 Å². The Balaban J connectivity index is 0.000000551. The van der Waals surface area contributed by atoms with Crippen LogP contribution in [0.25, 0.3) is 10.9 Å². The van der Waals surface area contributed by atoms with E-state index >= 15 is 0 Å². The van der Waals surface area contributed by atoms with Gasteiger partial charge in [-0.05, 0) is 37.3 Å². The molecule has 12 N–H and O–H groups in total. The zero-order chi connectivity index (χ0) is 64.9. The van der Waals surface area contributed by atoms with Gasteiger partial charge in [-0.15, -0.1) is 0 Å². The Bertz CT molecular complexity index is 2200. The van der Waals surface area contributed by atoms with Crippen LogP contribution in [0, 0.1) is 0 Å². The maximum absolute atomic E-state index is 10.4. The molecular formula is C52H95N2NaO30S2. The second-order valence-corrected chi connectivity index (χ2v) is 23.4. The molecule has 32 nitrogen and oxygen atoms in total. The minimum atomic E-state index is -4.20. The molecule has 0 radical (unpaired) electrons. The number of nitrogens with one attached hydrogen (secondary N) is 2. The van der Waals surface area contributed by atoms with Crippen LogP contribution in [0.15, 0.2) is 30.5 Å². The van der Waals surface area contributed by atoms with Crippen molar-refractivity contribution in [1.29, 1.82) is 0 Å². The fourth-order valence-corrected chi connectivity index (χ4v) is 10.3. The number of aliphatic hydroxyl groups is 10. The van der Waals surface area contributed by atoms with Gasteiger partial charge in [-0.25, -0.2) is 16.8 Å². The number of aromatic amines is 1. The number of aromatic nitrogens is 1. The zero-order valence-corrected chi connectivity index (χ0v) is 54.9. The van der Waals surface area contributed by atoms with Gasteiger partial charge in [0.15, 0.2) is 25.2 Å². The summed E-state index contributed by atoms with van der Waals surface area (Å²) in [5.74, 6) is -0.846. The van der Waals surface area contributed by atoms with Gasteiger partial charge in [0.25, 0.3) is 0 Å². The number of quaternary nitrogens is 1. The van der Waals surface area contributed by atoms with Crippen LogP contribution >= 0.6 is 0 Å². The van der Waals surface area contributed by atoms with Gasteiger partial charge < -0.3 is 136 Å². The van der Waals surface area contributed by atoms with Crippen LogP contribution in [0.3, 0.4) is 0 Å². The molecule has 4 aliphatic heterocycles. The van der Waals surface area contributed by atoms with E-state index in [1.165, 1.54) is 84.8 Å². The van der Waals surface area contributed by atoms with Crippen molar-refractivity contribution in [1.82, 2.24) is 4.98 Å². The first-order valence-corrected chi connectivity index (χ1v) is 30.7. The van der Waals surface area contributed by atoms with Crippen molar-refractivity contribution in [2.45, 2.75) is 155 Å². The summed E-state index contributed by atoms with van der Waals surface area (Å²) >= 11 is 0. The van der Waals surface area contributed by atoms with E-state index in [0.717, 1.165) is 6.42 Å². The number of benzene rings is 1. The number of methoxy groups -OCH3 is 8. The molecule has 1 aromatic heterocycles. The Morgan fingerprint density at radius 3 is 1.11 bits per heavy atom. The first kappa shape index (κ1) is 83.6. The standard InChI is InChI=1S/C12H16N2.2C12H24O9S.2C8H16O6.Na/c1-14(2)8-7-10-9-13-12-6-4-3-5-11(10)12;2*1-18-11-8(21-12(19-2)10(14)9(11)13)7-20-5-3-4-6-22(15,16)17;2*1-12-7-4(3-9)14-8(13-2)6(11)5(7)10;/h3-6,9,13H,7-8H2,1-2H3;2*8-14H,3-7H2,1-2H3,(H,15,16,17);2*4-11H,3H2,1-2H3;/q;;;;;+1/p-1. The summed E-state index contributed by atoms with van der Waals surface area (Å²) in [7, 11) is 6.88. The number of H-pyrrole nitrogens is 1. The van der Waals surface area contributed by atoms with Crippen molar-refractivity contribution in [3.63, 3.8) is 0 Å². The zero-order valence-electron chi connectivity index (χ0n) is 51.3. The topological polar surface area (TPSA) is 466 Å². The number of unbranched alkanes of at least 4 members (excludes halogenated alkanes) is 2.